The van der Waals surface area contributed by atoms with Crippen LogP contribution in [0.2, 0.25) is 0 Å². The normalized spacial score (nSPS) is 17.2. The molecule has 7 nitrogen and oxygen atoms in total. The zero-order valence-corrected chi connectivity index (χ0v) is 20.3. The number of aliphatic imine (C=N–C) groups is 1. The summed E-state index contributed by atoms with van der Waals surface area (Å²) in [5.41, 5.74) is 3.47. The summed E-state index contributed by atoms with van der Waals surface area (Å²) in [5, 5.41) is 6.75. The maximum Gasteiger partial charge on any atom is 0.231 e. The molecule has 2 aromatic carbocycles. The van der Waals surface area contributed by atoms with Crippen LogP contribution in [0.15, 0.2) is 41.4 Å². The first-order valence-electron chi connectivity index (χ1n) is 10.4. The van der Waals surface area contributed by atoms with Gasteiger partial charge in [-0.05, 0) is 42.7 Å². The molecule has 0 spiro atoms. The number of nitrogens with zero attached hydrogens (tertiary/aromatic N) is 1. The van der Waals surface area contributed by atoms with Crippen LogP contribution in [-0.2, 0) is 17.7 Å². The number of nitrogens with one attached hydrogen (secondary N) is 2. The Bertz CT molecular complexity index is 900. The summed E-state index contributed by atoms with van der Waals surface area (Å²) < 4.78 is 22.4. The summed E-state index contributed by atoms with van der Waals surface area (Å²) in [7, 11) is 1.78. The van der Waals surface area contributed by atoms with Crippen molar-refractivity contribution in [2.45, 2.75) is 32.4 Å². The molecule has 2 heterocycles. The molecule has 1 saturated heterocycles. The van der Waals surface area contributed by atoms with E-state index in [-0.39, 0.29) is 30.1 Å². The molecule has 2 N–H and O–H groups in total. The minimum absolute atomic E-state index is 0. The first-order chi connectivity index (χ1) is 14.7. The third-order valence-electron chi connectivity index (χ3n) is 5.22. The Morgan fingerprint density at radius 2 is 2.00 bits per heavy atom. The Hall–Kier alpha value is -2.20. The van der Waals surface area contributed by atoms with E-state index < -0.39 is 0 Å². The van der Waals surface area contributed by atoms with Crippen LogP contribution in [0.3, 0.4) is 0 Å². The van der Waals surface area contributed by atoms with Gasteiger partial charge in [0.05, 0.1) is 13.2 Å². The number of ether oxygens (including phenoxy) is 4. The predicted octanol–water partition coefficient (Wildman–Crippen LogP) is 3.42. The number of halogens is 1. The van der Waals surface area contributed by atoms with Crippen LogP contribution in [0.5, 0.6) is 17.2 Å². The molecule has 0 radical (unpaired) electrons. The molecule has 2 aliphatic heterocycles. The summed E-state index contributed by atoms with van der Waals surface area (Å²) in [5.74, 6) is 3.29. The maximum absolute atomic E-state index is 6.18. The fourth-order valence-corrected chi connectivity index (χ4v) is 3.52. The van der Waals surface area contributed by atoms with Gasteiger partial charge in [0.25, 0.3) is 0 Å². The largest absolute Gasteiger partial charge is 0.488 e. The number of benzene rings is 2. The molecule has 0 aliphatic carbocycles. The zero-order chi connectivity index (χ0) is 20.8. The van der Waals surface area contributed by atoms with Gasteiger partial charge in [0, 0.05) is 32.1 Å². The van der Waals surface area contributed by atoms with Crippen LogP contribution >= 0.6 is 24.0 Å². The smallest absolute Gasteiger partial charge is 0.231 e. The van der Waals surface area contributed by atoms with E-state index in [2.05, 4.69) is 46.8 Å². The Morgan fingerprint density at radius 3 is 2.81 bits per heavy atom. The summed E-state index contributed by atoms with van der Waals surface area (Å²) in [4.78, 5) is 4.33. The van der Waals surface area contributed by atoms with E-state index >= 15 is 0 Å². The second-order valence-corrected chi connectivity index (χ2v) is 7.50. The van der Waals surface area contributed by atoms with Gasteiger partial charge in [-0.3, -0.25) is 4.99 Å². The second-order valence-electron chi connectivity index (χ2n) is 7.50. The molecular formula is C23H30IN3O4. The highest BCUT2D eigenvalue weighted by Crippen LogP contribution is 2.32. The first-order valence-corrected chi connectivity index (χ1v) is 10.4. The summed E-state index contributed by atoms with van der Waals surface area (Å²) >= 11 is 0. The molecule has 1 unspecified atom stereocenters. The average Bonchev–Trinajstić information content (AvgIpc) is 3.43. The molecule has 31 heavy (non-hydrogen) atoms. The molecule has 4 rings (SSSR count). The molecule has 1 atom stereocenters. The Morgan fingerprint density at radius 1 is 1.13 bits per heavy atom. The van der Waals surface area contributed by atoms with E-state index in [0.717, 1.165) is 54.8 Å². The Kier molecular flexibility index (Phi) is 8.65. The second kappa shape index (κ2) is 11.4. The third kappa shape index (κ3) is 6.39. The van der Waals surface area contributed by atoms with Crippen molar-refractivity contribution in [1.29, 1.82) is 0 Å². The maximum atomic E-state index is 6.18. The van der Waals surface area contributed by atoms with Gasteiger partial charge in [-0.2, -0.15) is 0 Å². The molecule has 2 aliphatic rings. The summed E-state index contributed by atoms with van der Waals surface area (Å²) in [6.07, 6.45) is 1.92. The summed E-state index contributed by atoms with van der Waals surface area (Å²) in [6.45, 7) is 5.19. The first kappa shape index (κ1) is 23.5. The summed E-state index contributed by atoms with van der Waals surface area (Å²) in [6, 6.07) is 12.3. The minimum Gasteiger partial charge on any atom is -0.488 e. The van der Waals surface area contributed by atoms with Gasteiger partial charge >= 0.3 is 0 Å². The molecule has 8 heteroatoms. The van der Waals surface area contributed by atoms with Crippen LogP contribution < -0.4 is 24.8 Å². The van der Waals surface area contributed by atoms with E-state index in [1.807, 2.05) is 12.1 Å². The Labute approximate surface area is 200 Å². The van der Waals surface area contributed by atoms with Gasteiger partial charge in [0.2, 0.25) is 6.79 Å². The van der Waals surface area contributed by atoms with Crippen molar-refractivity contribution in [2.75, 3.05) is 33.6 Å². The molecule has 2 aromatic rings. The van der Waals surface area contributed by atoms with Crippen molar-refractivity contribution in [1.82, 2.24) is 10.6 Å². The number of hydrogen-bond acceptors (Lipinski definition) is 5. The number of rotatable bonds is 7. The monoisotopic (exact) mass is 539 g/mol. The van der Waals surface area contributed by atoms with E-state index in [4.69, 9.17) is 18.9 Å². The van der Waals surface area contributed by atoms with E-state index in [1.54, 1.807) is 7.05 Å². The quantitative estimate of drug-likeness (QED) is 0.319. The van der Waals surface area contributed by atoms with Crippen LogP contribution in [-0.4, -0.2) is 45.7 Å². The van der Waals surface area contributed by atoms with E-state index in [1.165, 1.54) is 11.1 Å². The van der Waals surface area contributed by atoms with Crippen LogP contribution in [0.4, 0.5) is 0 Å². The number of aryl methyl sites for hydroxylation is 1. The molecule has 0 aromatic heterocycles. The molecule has 0 amide bonds. The topological polar surface area (TPSA) is 73.3 Å². The molecule has 0 saturated carbocycles. The number of guanidine groups is 1. The minimum atomic E-state index is 0. The van der Waals surface area contributed by atoms with Gasteiger partial charge in [0.1, 0.15) is 11.9 Å². The van der Waals surface area contributed by atoms with Gasteiger partial charge in [-0.25, -0.2) is 0 Å². The lowest BCUT2D eigenvalue weighted by Crippen LogP contribution is -2.38. The lowest BCUT2D eigenvalue weighted by atomic mass is 10.1. The van der Waals surface area contributed by atoms with Gasteiger partial charge < -0.3 is 29.6 Å². The van der Waals surface area contributed by atoms with Crippen molar-refractivity contribution in [3.8, 4) is 17.2 Å². The van der Waals surface area contributed by atoms with Gasteiger partial charge in [-0.15, -0.1) is 24.0 Å². The standard InChI is InChI=1S/C23H29N3O4.HI/c1-16-3-5-18(21(11-16)30-19-8-10-27-14-19)13-26-23(24-2)25-9-7-17-4-6-20-22(12-17)29-15-28-20;/h3-6,11-12,19H,7-10,13-15H2,1-2H3,(H2,24,25,26);1H. The highest BCUT2D eigenvalue weighted by atomic mass is 127. The van der Waals surface area contributed by atoms with Crippen LogP contribution in [0, 0.1) is 6.92 Å². The Balaban J connectivity index is 0.00000272. The highest BCUT2D eigenvalue weighted by Gasteiger charge is 2.19. The average molecular weight is 539 g/mol. The number of hydrogen-bond donors (Lipinski definition) is 2. The highest BCUT2D eigenvalue weighted by molar-refractivity contribution is 14.0. The van der Waals surface area contributed by atoms with Crippen LogP contribution in [0.1, 0.15) is 23.1 Å². The van der Waals surface area contributed by atoms with Gasteiger partial charge in [0.15, 0.2) is 17.5 Å². The molecule has 168 valence electrons. The van der Waals surface area contributed by atoms with Crippen LogP contribution in [0.25, 0.3) is 0 Å². The molecular weight excluding hydrogens is 509 g/mol. The van der Waals surface area contributed by atoms with E-state index in [0.29, 0.717) is 19.9 Å². The zero-order valence-electron chi connectivity index (χ0n) is 18.0. The predicted molar refractivity (Wildman–Crippen MR) is 131 cm³/mol. The number of fused-ring (bicyclic) bond motifs is 1. The fourth-order valence-electron chi connectivity index (χ4n) is 3.52. The van der Waals surface area contributed by atoms with Crippen molar-refractivity contribution in [3.05, 3.63) is 53.1 Å². The van der Waals surface area contributed by atoms with Gasteiger partial charge in [-0.1, -0.05) is 18.2 Å². The van der Waals surface area contributed by atoms with E-state index in [9.17, 15) is 0 Å². The van der Waals surface area contributed by atoms with Crippen molar-refractivity contribution >= 4 is 29.9 Å². The van der Waals surface area contributed by atoms with Crippen molar-refractivity contribution in [2.24, 2.45) is 4.99 Å². The molecule has 1 fully saturated rings. The fraction of sp³-hybridized carbons (Fsp3) is 0.435. The van der Waals surface area contributed by atoms with Crippen molar-refractivity contribution < 1.29 is 18.9 Å². The third-order valence-corrected chi connectivity index (χ3v) is 5.22. The lowest BCUT2D eigenvalue weighted by Gasteiger charge is -2.18. The van der Waals surface area contributed by atoms with Crippen molar-refractivity contribution in [3.63, 3.8) is 0 Å². The molecule has 0 bridgehead atoms. The lowest BCUT2D eigenvalue weighted by molar-refractivity contribution is 0.140. The SMILES string of the molecule is CN=C(NCCc1ccc2c(c1)OCO2)NCc1ccc(C)cc1OC1CCOC1.I.